The van der Waals surface area contributed by atoms with E-state index in [1.54, 1.807) is 0 Å². The lowest BCUT2D eigenvalue weighted by atomic mass is 10.4. The molecule has 0 amide bonds. The molecular weight excluding hydrogens is 688 g/mol. The highest BCUT2D eigenvalue weighted by Crippen LogP contribution is 2.53. The molecule has 0 N–H and O–H groups in total. The van der Waals surface area contributed by atoms with Crippen molar-refractivity contribution < 1.29 is 115 Å². The number of hydrogen-bond donors (Lipinski definition) is 0. The first-order valence-corrected chi connectivity index (χ1v) is 12.1. The second kappa shape index (κ2) is 16.1. The number of halogens is 18. The van der Waals surface area contributed by atoms with Crippen molar-refractivity contribution in [2.45, 2.75) is 43.5 Å². The molecule has 0 spiro atoms. The highest BCUT2D eigenvalue weighted by Gasteiger charge is 2.46. The van der Waals surface area contributed by atoms with Crippen molar-refractivity contribution in [1.82, 2.24) is 0 Å². The minimum atomic E-state index is -5.80. The Kier molecular flexibility index (Phi) is 16.6. The first kappa shape index (κ1) is 42.1. The molecule has 0 heterocycles. The summed E-state index contributed by atoms with van der Waals surface area (Å²) >= 11 is 0. The van der Waals surface area contributed by atoms with Gasteiger partial charge in [-0.1, -0.05) is 0 Å². The molecule has 0 atom stereocenters. The summed E-state index contributed by atoms with van der Waals surface area (Å²) in [5.74, 6) is -4.99. The number of phosphoric ester groups is 2. The third kappa shape index (κ3) is 25.2. The van der Waals surface area contributed by atoms with Crippen LogP contribution in [0.15, 0.2) is 0 Å². The van der Waals surface area contributed by atoms with Crippen LogP contribution in [0.2, 0.25) is 0 Å². The van der Waals surface area contributed by atoms with E-state index < -0.39 is 98.8 Å². The van der Waals surface area contributed by atoms with Gasteiger partial charge in [-0.15, -0.1) is 0 Å². The van der Waals surface area contributed by atoms with Gasteiger partial charge in [0.2, 0.25) is 0 Å². The Labute approximate surface area is 215 Å². The Morgan fingerprint density at radius 3 is 0.902 bits per heavy atom. The number of phosphoric acid groups is 2. The van der Waals surface area contributed by atoms with Crippen molar-refractivity contribution >= 4 is 15.6 Å². The van der Waals surface area contributed by atoms with Crippen molar-refractivity contribution in [3.63, 3.8) is 0 Å². The van der Waals surface area contributed by atoms with E-state index in [-0.39, 0.29) is 0 Å². The van der Waals surface area contributed by atoms with Crippen LogP contribution < -0.4 is 0 Å². The number of hydrogen-bond acceptors (Lipinski definition) is 8. The quantitative estimate of drug-likeness (QED) is 0.127. The summed E-state index contributed by atoms with van der Waals surface area (Å²) in [5.41, 5.74) is 0. The third-order valence-corrected chi connectivity index (χ3v) is 5.33. The van der Waals surface area contributed by atoms with Crippen molar-refractivity contribution in [1.29, 1.82) is 0 Å². The zero-order chi connectivity index (χ0) is 33.1. The summed E-state index contributed by atoms with van der Waals surface area (Å²) in [4.78, 5) is 0. The highest BCUT2D eigenvalue weighted by atomic mass is 31.2. The fourth-order valence-corrected chi connectivity index (χ4v) is 3.50. The molecule has 0 radical (unpaired) electrons. The van der Waals surface area contributed by atoms with Crippen molar-refractivity contribution in [2.24, 2.45) is 0 Å². The van der Waals surface area contributed by atoms with Gasteiger partial charge < -0.3 is 0 Å². The van der Waals surface area contributed by atoms with Gasteiger partial charge in [0.15, 0.2) is 26.4 Å². The molecule has 0 fully saturated rings. The average Bonchev–Trinajstić information content (AvgIpc) is 2.75. The topological polar surface area (TPSA) is 89.5 Å². The number of rotatable bonds is 15. The predicted octanol–water partition coefficient (Wildman–Crippen LogP) is 7.70. The van der Waals surface area contributed by atoms with Gasteiger partial charge in [0.25, 0.3) is 6.43 Å². The fourth-order valence-electron chi connectivity index (χ4n) is 1.21. The van der Waals surface area contributed by atoms with Crippen LogP contribution in [0.3, 0.4) is 0 Å². The van der Waals surface area contributed by atoms with E-state index in [4.69, 9.17) is 0 Å². The lowest BCUT2D eigenvalue weighted by Crippen LogP contribution is -2.32. The second-order valence-corrected chi connectivity index (χ2v) is 9.81. The van der Waals surface area contributed by atoms with Crippen LogP contribution in [0.1, 0.15) is 0 Å². The first-order chi connectivity index (χ1) is 17.9. The molecule has 0 aromatic rings. The summed E-state index contributed by atoms with van der Waals surface area (Å²) in [6.07, 6.45) is -28.2. The minimum Gasteiger partial charge on any atom is -0.281 e. The summed E-state index contributed by atoms with van der Waals surface area (Å²) in [6, 6.07) is 0. The van der Waals surface area contributed by atoms with Gasteiger partial charge in [-0.25, -0.2) is 26.7 Å². The minimum absolute atomic E-state index is 1.70. The molecule has 0 saturated heterocycles. The molecule has 8 nitrogen and oxygen atoms in total. The van der Waals surface area contributed by atoms with E-state index in [1.807, 2.05) is 0 Å². The maximum absolute atomic E-state index is 12.5. The maximum Gasteiger partial charge on any atom is 0.475 e. The highest BCUT2D eigenvalue weighted by molar-refractivity contribution is 7.48. The molecule has 0 aromatic heterocycles. The zero-order valence-corrected chi connectivity index (χ0v) is 20.6. The monoisotopic (exact) mass is 702 g/mol. The molecule has 28 heteroatoms. The molecule has 0 aliphatic carbocycles. The molecule has 0 aromatic carbocycles. The summed E-state index contributed by atoms with van der Waals surface area (Å²) in [6.45, 7) is -13.7. The fraction of sp³-hybridized carbons (Fsp3) is 1.00. The number of alkyl halides is 18. The zero-order valence-electron chi connectivity index (χ0n) is 18.9. The molecule has 0 unspecified atom stereocenters. The third-order valence-electron chi connectivity index (χ3n) is 2.64. The molecule has 0 rings (SSSR count). The Balaban J connectivity index is 0. The Morgan fingerprint density at radius 2 is 0.683 bits per heavy atom. The summed E-state index contributed by atoms with van der Waals surface area (Å²) in [7, 11) is -11.2. The standard InChI is InChI=1S/C7H7F10O4P.C6H7F8O4P/c8-4(9)5(10,11)1-19-22(18,20-2-6(12,13)14)21-3-7(15,16)17;7-4(8)1-16-19(15,17-2-5(9,10)11)18-3-6(12,13)14/h4H,1-3H2;4H,1-3H2. The maximum atomic E-state index is 12.5. The second-order valence-electron chi connectivity index (χ2n) is 6.47. The van der Waals surface area contributed by atoms with Crippen LogP contribution in [0.25, 0.3) is 0 Å². The van der Waals surface area contributed by atoms with E-state index in [0.717, 1.165) is 0 Å². The lowest BCUT2D eigenvalue weighted by Gasteiger charge is -2.22. The molecule has 0 bridgehead atoms. The largest absolute Gasteiger partial charge is 0.475 e. The molecule has 41 heavy (non-hydrogen) atoms. The molecule has 0 aliphatic rings. The van der Waals surface area contributed by atoms with Crippen molar-refractivity contribution in [2.75, 3.05) is 39.6 Å². The van der Waals surface area contributed by atoms with Crippen molar-refractivity contribution in [3.05, 3.63) is 0 Å². The van der Waals surface area contributed by atoms with E-state index >= 15 is 0 Å². The summed E-state index contributed by atoms with van der Waals surface area (Å²) < 4.78 is 257. The smallest absolute Gasteiger partial charge is 0.281 e. The van der Waals surface area contributed by atoms with Gasteiger partial charge in [-0.3, -0.25) is 27.1 Å². The Bertz CT molecular complexity index is 796. The Morgan fingerprint density at radius 1 is 0.439 bits per heavy atom. The average molecular weight is 702 g/mol. The SMILES string of the molecule is O=P(OCC(F)(F)F)(OCC(F)(F)F)OCC(F)(F)C(F)F.O=P(OCC(F)F)(OCC(F)(F)F)OCC(F)(F)F. The van der Waals surface area contributed by atoms with Crippen LogP contribution >= 0.6 is 15.6 Å². The normalized spacial score (nSPS) is 14.4. The lowest BCUT2D eigenvalue weighted by molar-refractivity contribution is -0.178. The van der Waals surface area contributed by atoms with Crippen LogP contribution in [-0.2, 0) is 36.3 Å². The molecule has 0 saturated carbocycles. The van der Waals surface area contributed by atoms with Crippen LogP contribution in [-0.4, -0.2) is 83.1 Å². The van der Waals surface area contributed by atoms with E-state index in [0.29, 0.717) is 0 Å². The van der Waals surface area contributed by atoms with Gasteiger partial charge in [-0.2, -0.15) is 61.5 Å². The van der Waals surface area contributed by atoms with Gasteiger partial charge in [0, 0.05) is 0 Å². The van der Waals surface area contributed by atoms with Gasteiger partial charge in [-0.05, 0) is 0 Å². The molecule has 250 valence electrons. The Hall–Kier alpha value is -1.04. The van der Waals surface area contributed by atoms with E-state index in [2.05, 4.69) is 27.1 Å². The van der Waals surface area contributed by atoms with Gasteiger partial charge in [0.1, 0.15) is 13.2 Å². The molecular formula is C13H14F18O8P2. The van der Waals surface area contributed by atoms with Crippen LogP contribution in [0.5, 0.6) is 0 Å². The van der Waals surface area contributed by atoms with Crippen molar-refractivity contribution in [3.8, 4) is 0 Å². The van der Waals surface area contributed by atoms with E-state index in [9.17, 15) is 88.2 Å². The van der Waals surface area contributed by atoms with Gasteiger partial charge in [0.05, 0.1) is 0 Å². The first-order valence-electron chi connectivity index (χ1n) is 9.18. The predicted molar refractivity (Wildman–Crippen MR) is 92.1 cm³/mol. The van der Waals surface area contributed by atoms with Gasteiger partial charge >= 0.3 is 52.7 Å². The molecule has 0 aliphatic heterocycles. The van der Waals surface area contributed by atoms with Crippen LogP contribution in [0.4, 0.5) is 79.0 Å². The summed E-state index contributed by atoms with van der Waals surface area (Å²) in [5, 5.41) is 0. The van der Waals surface area contributed by atoms with Crippen LogP contribution in [0, 0.1) is 0 Å². The van der Waals surface area contributed by atoms with E-state index in [1.165, 1.54) is 0 Å².